The maximum Gasteiger partial charge on any atom is 0.278 e. The Balaban J connectivity index is 1.54. The van der Waals surface area contributed by atoms with Crippen LogP contribution in [-0.4, -0.2) is 14.1 Å². The molecule has 0 spiro atoms. The lowest BCUT2D eigenvalue weighted by Gasteiger charge is -2.13. The number of thiophene rings is 1. The van der Waals surface area contributed by atoms with Crippen molar-refractivity contribution in [1.29, 1.82) is 0 Å². The third kappa shape index (κ3) is 4.15. The molecule has 0 aliphatic rings. The molecule has 3 heterocycles. The van der Waals surface area contributed by atoms with Gasteiger partial charge in [0.25, 0.3) is 5.56 Å². The molecule has 4 nitrogen and oxygen atoms in total. The Morgan fingerprint density at radius 2 is 1.63 bits per heavy atom. The lowest BCUT2D eigenvalue weighted by atomic mass is 10.2. The van der Waals surface area contributed by atoms with Crippen LogP contribution in [-0.2, 0) is 5.75 Å². The summed E-state index contributed by atoms with van der Waals surface area (Å²) in [6.07, 6.45) is 0. The highest BCUT2D eigenvalue weighted by Gasteiger charge is 2.19. The number of hydrogen-bond donors (Lipinski definition) is 0. The Morgan fingerprint density at radius 3 is 2.34 bits per heavy atom. The standard InChI is InChI=1S/C26H16ClN3OS4/c27-17-11-12-21-20(13-17)16(14-33-21)15-34-25-28-23-22(24(31)30(25)19-9-5-2-6-10-19)35-26(32)29(23)18-7-3-1-4-8-18/h1-14H,15H2. The van der Waals surface area contributed by atoms with Gasteiger partial charge in [-0.2, -0.15) is 0 Å². The monoisotopic (exact) mass is 549 g/mol. The Hall–Kier alpha value is -2.75. The molecular weight excluding hydrogens is 534 g/mol. The van der Waals surface area contributed by atoms with Crippen LogP contribution in [0.5, 0.6) is 0 Å². The Kier molecular flexibility index (Phi) is 6.07. The highest BCUT2D eigenvalue weighted by atomic mass is 35.5. The number of fused-ring (bicyclic) bond motifs is 2. The Bertz CT molecular complexity index is 1800. The van der Waals surface area contributed by atoms with E-state index in [1.54, 1.807) is 15.9 Å². The van der Waals surface area contributed by atoms with Gasteiger partial charge in [-0.15, -0.1) is 11.3 Å². The van der Waals surface area contributed by atoms with Crippen LogP contribution in [0.4, 0.5) is 0 Å². The highest BCUT2D eigenvalue weighted by molar-refractivity contribution is 7.98. The summed E-state index contributed by atoms with van der Waals surface area (Å²) >= 11 is 16.5. The van der Waals surface area contributed by atoms with Gasteiger partial charge < -0.3 is 0 Å². The molecule has 6 aromatic rings. The number of rotatable bonds is 5. The first-order chi connectivity index (χ1) is 17.1. The molecule has 0 bridgehead atoms. The molecule has 6 rings (SSSR count). The van der Waals surface area contributed by atoms with Gasteiger partial charge in [0.2, 0.25) is 0 Å². The number of thiazole rings is 1. The van der Waals surface area contributed by atoms with Gasteiger partial charge in [0.05, 0.1) is 5.69 Å². The van der Waals surface area contributed by atoms with Gasteiger partial charge in [-0.25, -0.2) is 4.98 Å². The largest absolute Gasteiger partial charge is 0.278 e. The summed E-state index contributed by atoms with van der Waals surface area (Å²) in [5.41, 5.74) is 3.30. The summed E-state index contributed by atoms with van der Waals surface area (Å²) < 4.78 is 5.89. The van der Waals surface area contributed by atoms with Crippen LogP contribution in [0.15, 0.2) is 94.2 Å². The van der Waals surface area contributed by atoms with Crippen LogP contribution in [0.2, 0.25) is 5.02 Å². The normalized spacial score (nSPS) is 11.5. The molecule has 172 valence electrons. The molecule has 0 N–H and O–H groups in total. The average Bonchev–Trinajstić information content (AvgIpc) is 3.43. The predicted octanol–water partition coefficient (Wildman–Crippen LogP) is 8.13. The Labute approximate surface area is 223 Å². The fraction of sp³-hybridized carbons (Fsp3) is 0.0385. The first-order valence-corrected chi connectivity index (χ1v) is 14.1. The zero-order chi connectivity index (χ0) is 23.9. The lowest BCUT2D eigenvalue weighted by molar-refractivity contribution is 0.812. The van der Waals surface area contributed by atoms with E-state index in [-0.39, 0.29) is 5.56 Å². The van der Waals surface area contributed by atoms with Gasteiger partial charge in [0.1, 0.15) is 4.70 Å². The molecule has 3 aromatic carbocycles. The molecule has 0 unspecified atom stereocenters. The quantitative estimate of drug-likeness (QED) is 0.124. The molecule has 9 heteroatoms. The summed E-state index contributed by atoms with van der Waals surface area (Å²) in [6.45, 7) is 0. The number of nitrogens with zero attached hydrogens (tertiary/aromatic N) is 3. The van der Waals surface area contributed by atoms with E-state index in [0.29, 0.717) is 30.2 Å². The van der Waals surface area contributed by atoms with E-state index in [0.717, 1.165) is 22.3 Å². The first kappa shape index (κ1) is 22.7. The van der Waals surface area contributed by atoms with Crippen molar-refractivity contribution in [3.05, 3.63) is 109 Å². The van der Waals surface area contributed by atoms with Gasteiger partial charge in [-0.3, -0.25) is 13.9 Å². The van der Waals surface area contributed by atoms with E-state index in [9.17, 15) is 4.79 Å². The first-order valence-electron chi connectivity index (χ1n) is 10.7. The highest BCUT2D eigenvalue weighted by Crippen LogP contribution is 2.34. The van der Waals surface area contributed by atoms with Crippen molar-refractivity contribution in [2.75, 3.05) is 0 Å². The maximum absolute atomic E-state index is 13.8. The molecule has 35 heavy (non-hydrogen) atoms. The Morgan fingerprint density at radius 1 is 0.943 bits per heavy atom. The number of hydrogen-bond acceptors (Lipinski definition) is 6. The van der Waals surface area contributed by atoms with Gasteiger partial charge in [0, 0.05) is 21.2 Å². The fourth-order valence-electron chi connectivity index (χ4n) is 3.95. The van der Waals surface area contributed by atoms with Crippen LogP contribution in [0.25, 0.3) is 31.8 Å². The molecule has 0 atom stereocenters. The predicted molar refractivity (Wildman–Crippen MR) is 152 cm³/mol. The molecule has 0 amide bonds. The van der Waals surface area contributed by atoms with E-state index >= 15 is 0 Å². The van der Waals surface area contributed by atoms with Crippen molar-refractivity contribution in [2.24, 2.45) is 0 Å². The number of thioether (sulfide) groups is 1. The van der Waals surface area contributed by atoms with Crippen molar-refractivity contribution < 1.29 is 0 Å². The summed E-state index contributed by atoms with van der Waals surface area (Å²) in [5.74, 6) is 0.654. The van der Waals surface area contributed by atoms with Crippen molar-refractivity contribution in [1.82, 2.24) is 14.1 Å². The van der Waals surface area contributed by atoms with E-state index in [1.165, 1.54) is 27.8 Å². The lowest BCUT2D eigenvalue weighted by Crippen LogP contribution is -2.21. The van der Waals surface area contributed by atoms with Crippen LogP contribution in [0.3, 0.4) is 0 Å². The molecule has 0 aliphatic heterocycles. The van der Waals surface area contributed by atoms with Crippen molar-refractivity contribution >= 4 is 78.7 Å². The van der Waals surface area contributed by atoms with E-state index in [1.807, 2.05) is 83.4 Å². The van der Waals surface area contributed by atoms with E-state index in [4.69, 9.17) is 28.8 Å². The van der Waals surface area contributed by atoms with Crippen LogP contribution in [0, 0.1) is 3.95 Å². The molecule has 0 aliphatic carbocycles. The van der Waals surface area contributed by atoms with E-state index in [2.05, 4.69) is 5.38 Å². The van der Waals surface area contributed by atoms with Gasteiger partial charge in [0.15, 0.2) is 14.8 Å². The minimum atomic E-state index is -0.118. The van der Waals surface area contributed by atoms with Crippen molar-refractivity contribution in [3.8, 4) is 11.4 Å². The van der Waals surface area contributed by atoms with Gasteiger partial charge in [-0.1, -0.05) is 71.1 Å². The molecule has 0 saturated heterocycles. The fourth-order valence-corrected chi connectivity index (χ4v) is 7.47. The summed E-state index contributed by atoms with van der Waals surface area (Å²) in [6, 6.07) is 25.4. The van der Waals surface area contributed by atoms with Crippen LogP contribution < -0.4 is 5.56 Å². The minimum absolute atomic E-state index is 0.118. The third-order valence-electron chi connectivity index (χ3n) is 5.58. The summed E-state index contributed by atoms with van der Waals surface area (Å²) in [7, 11) is 0. The average molecular weight is 550 g/mol. The second-order valence-electron chi connectivity index (χ2n) is 7.75. The smallest absolute Gasteiger partial charge is 0.275 e. The number of benzene rings is 3. The van der Waals surface area contributed by atoms with Crippen LogP contribution >= 0.6 is 58.3 Å². The SMILES string of the molecule is O=c1c2sc(=S)n(-c3ccccc3)c2nc(SCc2csc3ccc(Cl)cc23)n1-c1ccccc1. The second kappa shape index (κ2) is 9.37. The maximum atomic E-state index is 13.8. The summed E-state index contributed by atoms with van der Waals surface area (Å²) in [5, 5.41) is 4.61. The van der Waals surface area contributed by atoms with E-state index < -0.39 is 0 Å². The third-order valence-corrected chi connectivity index (χ3v) is 9.16. The van der Waals surface area contributed by atoms with Crippen molar-refractivity contribution in [2.45, 2.75) is 10.9 Å². The van der Waals surface area contributed by atoms with Gasteiger partial charge >= 0.3 is 0 Å². The molecule has 0 radical (unpaired) electrons. The molecule has 3 aromatic heterocycles. The molecule has 0 saturated carbocycles. The number of aromatic nitrogens is 3. The zero-order valence-corrected chi connectivity index (χ0v) is 22.1. The minimum Gasteiger partial charge on any atom is -0.275 e. The molecule has 0 fully saturated rings. The molecular formula is C26H16ClN3OS4. The van der Waals surface area contributed by atoms with Crippen LogP contribution in [0.1, 0.15) is 5.56 Å². The topological polar surface area (TPSA) is 39.8 Å². The van der Waals surface area contributed by atoms with Crippen molar-refractivity contribution in [3.63, 3.8) is 0 Å². The second-order valence-corrected chi connectivity index (χ2v) is 11.7. The summed E-state index contributed by atoms with van der Waals surface area (Å²) in [4.78, 5) is 18.8. The van der Waals surface area contributed by atoms with Gasteiger partial charge in [-0.05, 0) is 71.0 Å². The number of para-hydroxylation sites is 2. The number of halogens is 1. The zero-order valence-electron chi connectivity index (χ0n) is 18.1.